The van der Waals surface area contributed by atoms with Gasteiger partial charge in [0.05, 0.1) is 11.7 Å². The van der Waals surface area contributed by atoms with Crippen LogP contribution < -0.4 is 8.85 Å². The summed E-state index contributed by atoms with van der Waals surface area (Å²) in [4.78, 5) is 0. The molecule has 0 unspecified atom stereocenters. The summed E-state index contributed by atoms with van der Waals surface area (Å²) in [5.41, 5.74) is 2.41. The number of fused-ring (bicyclic) bond motifs is 4. The molecule has 0 radical (unpaired) electrons. The van der Waals surface area contributed by atoms with Crippen LogP contribution in [-0.2, 0) is 16.8 Å². The summed E-state index contributed by atoms with van der Waals surface area (Å²) in [5, 5.41) is 0.308. The van der Waals surface area contributed by atoms with E-state index in [1.54, 1.807) is 0 Å². The van der Waals surface area contributed by atoms with Crippen LogP contribution in [0, 0.1) is 0 Å². The van der Waals surface area contributed by atoms with E-state index >= 15 is 0 Å². The van der Waals surface area contributed by atoms with Crippen LogP contribution >= 0.6 is 0 Å². The average Bonchev–Trinajstić information content (AvgIpc) is 2.79. The van der Waals surface area contributed by atoms with Gasteiger partial charge in [0.15, 0.2) is 0 Å². The quantitative estimate of drug-likeness (QED) is 0.462. The third kappa shape index (κ3) is 4.20. The molecule has 1 aromatic rings. The molecule has 1 fully saturated rings. The van der Waals surface area contributed by atoms with Crippen LogP contribution in [0.3, 0.4) is 0 Å². The maximum atomic E-state index is 6.92. The molecule has 2 atom stereocenters. The average molecular weight is 435 g/mol. The van der Waals surface area contributed by atoms with Crippen LogP contribution in [0.4, 0.5) is 0 Å². The standard InChI is InChI=1S/C24H42O3Si2/c1-22(2,3)28(8,9)26-19-15-17-14-18-12-13-24(7,25-18)21(17)20(16-19)27-29(10,11)23(4,5)6/h15-16,18H,12-14H2,1-11H3/t18-,24+/m1/s1. The molecule has 29 heavy (non-hydrogen) atoms. The highest BCUT2D eigenvalue weighted by Gasteiger charge is 2.48. The summed E-state index contributed by atoms with van der Waals surface area (Å²) in [6, 6.07) is 4.46. The Balaban J connectivity index is 2.10. The molecule has 2 heterocycles. The van der Waals surface area contributed by atoms with Crippen molar-refractivity contribution in [3.8, 4) is 11.5 Å². The van der Waals surface area contributed by atoms with E-state index in [-0.39, 0.29) is 15.7 Å². The number of hydrogen-bond acceptors (Lipinski definition) is 3. The predicted molar refractivity (Wildman–Crippen MR) is 127 cm³/mol. The highest BCUT2D eigenvalue weighted by Crippen LogP contribution is 2.52. The lowest BCUT2D eigenvalue weighted by Crippen LogP contribution is -2.45. The van der Waals surface area contributed by atoms with Crippen LogP contribution in [0.2, 0.25) is 36.3 Å². The van der Waals surface area contributed by atoms with Crippen LogP contribution in [0.25, 0.3) is 0 Å². The summed E-state index contributed by atoms with van der Waals surface area (Å²) < 4.78 is 20.1. The van der Waals surface area contributed by atoms with Crippen molar-refractivity contribution in [1.29, 1.82) is 0 Å². The molecule has 2 aliphatic heterocycles. The van der Waals surface area contributed by atoms with E-state index in [2.05, 4.69) is 86.8 Å². The molecule has 5 heteroatoms. The van der Waals surface area contributed by atoms with E-state index < -0.39 is 16.6 Å². The van der Waals surface area contributed by atoms with Gasteiger partial charge in [-0.15, -0.1) is 0 Å². The predicted octanol–water partition coefficient (Wildman–Crippen LogP) is 7.40. The fourth-order valence-corrected chi connectivity index (χ4v) is 5.95. The molecule has 1 aromatic carbocycles. The SMILES string of the molecule is CC(C)(C)[Si](C)(C)Oc1cc2c(c(O[Si](C)(C)C(C)(C)C)c1)[C@]1(C)CC[C@H](C2)O1. The first-order valence-electron chi connectivity index (χ1n) is 11.2. The largest absolute Gasteiger partial charge is 0.543 e. The van der Waals surface area contributed by atoms with Gasteiger partial charge in [0.2, 0.25) is 16.6 Å². The molecule has 0 amide bonds. The first-order valence-corrected chi connectivity index (χ1v) is 17.0. The molecule has 164 valence electrons. The second kappa shape index (κ2) is 6.86. The van der Waals surface area contributed by atoms with E-state index in [1.807, 2.05) is 0 Å². The zero-order valence-corrected chi connectivity index (χ0v) is 22.6. The molecule has 0 spiro atoms. The van der Waals surface area contributed by atoms with Crippen molar-refractivity contribution >= 4 is 16.6 Å². The Labute approximate surface area is 180 Å². The Morgan fingerprint density at radius 1 is 0.931 bits per heavy atom. The third-order valence-electron chi connectivity index (χ3n) is 7.85. The number of rotatable bonds is 4. The zero-order valence-electron chi connectivity index (χ0n) is 20.6. The Hall–Kier alpha value is -0.786. The van der Waals surface area contributed by atoms with Crippen LogP contribution in [0.1, 0.15) is 72.4 Å². The maximum Gasteiger partial charge on any atom is 0.250 e. The van der Waals surface area contributed by atoms with Gasteiger partial charge >= 0.3 is 0 Å². The Morgan fingerprint density at radius 3 is 2.03 bits per heavy atom. The minimum absolute atomic E-state index is 0.144. The van der Waals surface area contributed by atoms with Gasteiger partial charge in [-0.25, -0.2) is 0 Å². The van der Waals surface area contributed by atoms with Crippen molar-refractivity contribution < 1.29 is 13.6 Å². The van der Waals surface area contributed by atoms with E-state index in [0.29, 0.717) is 6.10 Å². The molecule has 3 rings (SSSR count). The number of ether oxygens (including phenoxy) is 1. The van der Waals surface area contributed by atoms with Gasteiger partial charge in [0.1, 0.15) is 11.5 Å². The number of benzene rings is 1. The summed E-state index contributed by atoms with van der Waals surface area (Å²) in [6.07, 6.45) is 3.49. The summed E-state index contributed by atoms with van der Waals surface area (Å²) >= 11 is 0. The highest BCUT2D eigenvalue weighted by atomic mass is 28.4. The fraction of sp³-hybridized carbons (Fsp3) is 0.750. The normalized spacial score (nSPS) is 25.0. The molecular formula is C24H42O3Si2. The molecule has 0 N–H and O–H groups in total. The summed E-state index contributed by atoms with van der Waals surface area (Å²) in [7, 11) is -3.91. The lowest BCUT2D eigenvalue weighted by atomic mass is 9.88. The van der Waals surface area contributed by atoms with Crippen molar-refractivity contribution in [2.45, 2.75) is 116 Å². The minimum Gasteiger partial charge on any atom is -0.543 e. The molecular weight excluding hydrogens is 392 g/mol. The van der Waals surface area contributed by atoms with Crippen molar-refractivity contribution in [3.05, 3.63) is 23.3 Å². The van der Waals surface area contributed by atoms with Gasteiger partial charge in [-0.1, -0.05) is 41.5 Å². The second-order valence-corrected chi connectivity index (χ2v) is 21.8. The summed E-state index contributed by atoms with van der Waals surface area (Å²) in [6.45, 7) is 25.3. The Bertz CT molecular complexity index is 787. The lowest BCUT2D eigenvalue weighted by Gasteiger charge is -2.41. The van der Waals surface area contributed by atoms with E-state index in [0.717, 1.165) is 30.8 Å². The second-order valence-electron chi connectivity index (χ2n) is 12.4. The van der Waals surface area contributed by atoms with Gasteiger partial charge in [-0.2, -0.15) is 0 Å². The van der Waals surface area contributed by atoms with Crippen molar-refractivity contribution in [2.24, 2.45) is 0 Å². The van der Waals surface area contributed by atoms with Crippen molar-refractivity contribution in [2.75, 3.05) is 0 Å². The van der Waals surface area contributed by atoms with E-state index in [1.165, 1.54) is 11.1 Å². The number of hydrogen-bond donors (Lipinski definition) is 0. The van der Waals surface area contributed by atoms with Crippen molar-refractivity contribution in [3.63, 3.8) is 0 Å². The molecule has 2 bridgehead atoms. The first kappa shape index (κ1) is 22.9. The molecule has 1 saturated heterocycles. The fourth-order valence-electron chi connectivity index (χ4n) is 3.92. The molecule has 0 aromatic heterocycles. The highest BCUT2D eigenvalue weighted by molar-refractivity contribution is 6.75. The van der Waals surface area contributed by atoms with E-state index in [9.17, 15) is 0 Å². The van der Waals surface area contributed by atoms with Crippen LogP contribution in [-0.4, -0.2) is 22.7 Å². The lowest BCUT2D eigenvalue weighted by molar-refractivity contribution is -0.0447. The topological polar surface area (TPSA) is 27.7 Å². The van der Waals surface area contributed by atoms with Gasteiger partial charge in [0.25, 0.3) is 0 Å². The monoisotopic (exact) mass is 434 g/mol. The molecule has 0 saturated carbocycles. The van der Waals surface area contributed by atoms with Gasteiger partial charge in [-0.3, -0.25) is 0 Å². The Morgan fingerprint density at radius 2 is 1.48 bits per heavy atom. The molecule has 0 aliphatic carbocycles. The minimum atomic E-state index is -1.98. The maximum absolute atomic E-state index is 6.92. The van der Waals surface area contributed by atoms with E-state index in [4.69, 9.17) is 13.6 Å². The summed E-state index contributed by atoms with van der Waals surface area (Å²) in [5.74, 6) is 1.99. The third-order valence-corrected chi connectivity index (χ3v) is 16.6. The van der Waals surface area contributed by atoms with Gasteiger partial charge < -0.3 is 13.6 Å². The van der Waals surface area contributed by atoms with Crippen LogP contribution in [0.5, 0.6) is 11.5 Å². The van der Waals surface area contributed by atoms with Gasteiger partial charge in [0, 0.05) is 11.6 Å². The van der Waals surface area contributed by atoms with Crippen LogP contribution in [0.15, 0.2) is 12.1 Å². The van der Waals surface area contributed by atoms with Gasteiger partial charge in [-0.05, 0) is 74.1 Å². The molecule has 2 aliphatic rings. The van der Waals surface area contributed by atoms with Crippen molar-refractivity contribution in [1.82, 2.24) is 0 Å². The zero-order chi connectivity index (χ0) is 22.0. The Kier molecular flexibility index (Phi) is 5.41. The first-order chi connectivity index (χ1) is 13.0. The molecule has 3 nitrogen and oxygen atoms in total. The smallest absolute Gasteiger partial charge is 0.250 e.